The van der Waals surface area contributed by atoms with Crippen LogP contribution in [-0.2, 0) is 9.47 Å². The fourth-order valence-electron chi connectivity index (χ4n) is 3.01. The molecule has 0 unspecified atom stereocenters. The van der Waals surface area contributed by atoms with E-state index in [0.29, 0.717) is 26.6 Å². The normalized spacial score (nSPS) is 11.4. The molecule has 0 bridgehead atoms. The number of anilines is 1. The zero-order chi connectivity index (χ0) is 23.4. The highest BCUT2D eigenvalue weighted by atomic mass is 35.5. The molecule has 32 heavy (non-hydrogen) atoms. The summed E-state index contributed by atoms with van der Waals surface area (Å²) in [6.45, 7) is 9.31. The van der Waals surface area contributed by atoms with E-state index in [2.05, 4.69) is 17.0 Å². The molecule has 0 aliphatic carbocycles. The van der Waals surface area contributed by atoms with Crippen LogP contribution in [0.3, 0.4) is 0 Å². The molecule has 0 saturated carbocycles. The van der Waals surface area contributed by atoms with E-state index in [0.717, 1.165) is 11.3 Å². The number of carbonyl (C=O) groups is 2. The molecule has 3 aromatic rings. The predicted molar refractivity (Wildman–Crippen MR) is 125 cm³/mol. The number of hydrogen-bond acceptors (Lipinski definition) is 7. The molecular formula is C22H22ClN3O5S. The number of ether oxygens (including phenoxy) is 2. The molecule has 0 aliphatic heterocycles. The number of nitrogens with one attached hydrogen (secondary N) is 2. The van der Waals surface area contributed by atoms with Gasteiger partial charge in [0.2, 0.25) is 0 Å². The van der Waals surface area contributed by atoms with E-state index in [1.165, 1.54) is 10.9 Å². The molecule has 168 valence electrons. The van der Waals surface area contributed by atoms with Crippen LogP contribution in [0.2, 0.25) is 5.02 Å². The summed E-state index contributed by atoms with van der Waals surface area (Å²) < 4.78 is 11.6. The zero-order valence-electron chi connectivity index (χ0n) is 17.8. The molecule has 0 saturated heterocycles. The van der Waals surface area contributed by atoms with Crippen LogP contribution >= 0.6 is 22.9 Å². The van der Waals surface area contributed by atoms with Crippen molar-refractivity contribution in [1.82, 2.24) is 9.78 Å². The second kappa shape index (κ2) is 9.88. The Morgan fingerprint density at radius 3 is 2.44 bits per heavy atom. The number of benzene rings is 1. The number of H-pyrrole nitrogens is 1. The van der Waals surface area contributed by atoms with Gasteiger partial charge in [0.15, 0.2) is 0 Å². The van der Waals surface area contributed by atoms with Crippen LogP contribution in [0.25, 0.3) is 18.5 Å². The zero-order valence-corrected chi connectivity index (χ0v) is 19.4. The average Bonchev–Trinajstić information content (AvgIpc) is 3.23. The monoisotopic (exact) mass is 475 g/mol. The van der Waals surface area contributed by atoms with Gasteiger partial charge in [0.05, 0.1) is 35.0 Å². The Morgan fingerprint density at radius 2 is 1.81 bits per heavy atom. The van der Waals surface area contributed by atoms with Crippen molar-refractivity contribution >= 4 is 52.7 Å². The Morgan fingerprint density at radius 1 is 1.19 bits per heavy atom. The first kappa shape index (κ1) is 23.4. The number of aromatic nitrogens is 2. The molecule has 1 aromatic carbocycles. The quantitative estimate of drug-likeness (QED) is 0.509. The van der Waals surface area contributed by atoms with Gasteiger partial charge in [-0.25, -0.2) is 14.3 Å². The molecule has 0 amide bonds. The number of hydrogen-bond donors (Lipinski definition) is 2. The number of aromatic amines is 1. The van der Waals surface area contributed by atoms with E-state index >= 15 is 0 Å². The van der Waals surface area contributed by atoms with Crippen LogP contribution in [-0.4, -0.2) is 34.9 Å². The van der Waals surface area contributed by atoms with Crippen molar-refractivity contribution in [2.24, 2.45) is 0 Å². The lowest BCUT2D eigenvalue weighted by Crippen LogP contribution is -2.34. The summed E-state index contributed by atoms with van der Waals surface area (Å²) in [7, 11) is 0. The van der Waals surface area contributed by atoms with E-state index in [-0.39, 0.29) is 34.4 Å². The van der Waals surface area contributed by atoms with Gasteiger partial charge < -0.3 is 14.8 Å². The van der Waals surface area contributed by atoms with Crippen molar-refractivity contribution in [3.05, 3.63) is 66.2 Å². The van der Waals surface area contributed by atoms with Gasteiger partial charge in [-0.05, 0) is 50.6 Å². The van der Waals surface area contributed by atoms with Gasteiger partial charge in [-0.15, -0.1) is 11.3 Å². The SMILES string of the molecule is C=c1[nH]n(-c2ccc(Cl)cc2)c(=O)/c1=C\Nc1sc(C(=O)OCC)c(C)c1C(=O)OCC. The van der Waals surface area contributed by atoms with Gasteiger partial charge in [-0.1, -0.05) is 18.2 Å². The second-order valence-electron chi connectivity index (χ2n) is 6.61. The van der Waals surface area contributed by atoms with Crippen LogP contribution in [0, 0.1) is 6.92 Å². The van der Waals surface area contributed by atoms with Crippen LogP contribution in [0.5, 0.6) is 0 Å². The summed E-state index contributed by atoms with van der Waals surface area (Å²) in [6.07, 6.45) is 1.44. The van der Waals surface area contributed by atoms with Crippen molar-refractivity contribution in [2.75, 3.05) is 18.5 Å². The summed E-state index contributed by atoms with van der Waals surface area (Å²) in [6, 6.07) is 6.74. The van der Waals surface area contributed by atoms with E-state index in [1.54, 1.807) is 45.0 Å². The summed E-state index contributed by atoms with van der Waals surface area (Å²) in [5.74, 6) is -1.10. The lowest BCUT2D eigenvalue weighted by molar-refractivity contribution is 0.0527. The first-order chi connectivity index (χ1) is 15.3. The highest BCUT2D eigenvalue weighted by molar-refractivity contribution is 7.18. The summed E-state index contributed by atoms with van der Waals surface area (Å²) in [5.41, 5.74) is 0.912. The molecule has 3 rings (SSSR count). The topological polar surface area (TPSA) is 102 Å². The lowest BCUT2D eigenvalue weighted by Gasteiger charge is -2.04. The minimum Gasteiger partial charge on any atom is -0.462 e. The van der Waals surface area contributed by atoms with E-state index < -0.39 is 11.9 Å². The second-order valence-corrected chi connectivity index (χ2v) is 8.07. The molecule has 2 aromatic heterocycles. The lowest BCUT2D eigenvalue weighted by atomic mass is 10.1. The standard InChI is InChI=1S/C22H22ClN3O5S/c1-5-30-21(28)17-12(3)18(22(29)31-6-2)32-19(17)24-11-16-13(4)25-26(20(16)27)15-9-7-14(23)8-10-15/h7-11,24-25H,4-6H2,1-3H3/b16-11-. The third-order valence-electron chi connectivity index (χ3n) is 4.52. The summed E-state index contributed by atoms with van der Waals surface area (Å²) in [5, 5.41) is 7.43. The van der Waals surface area contributed by atoms with Crippen LogP contribution in [0.15, 0.2) is 29.1 Å². The number of carbonyl (C=O) groups excluding carboxylic acids is 2. The average molecular weight is 476 g/mol. The minimum atomic E-state index is -0.574. The van der Waals surface area contributed by atoms with E-state index in [4.69, 9.17) is 21.1 Å². The molecule has 10 heteroatoms. The number of thiophene rings is 1. The van der Waals surface area contributed by atoms with Gasteiger partial charge in [0.1, 0.15) is 9.88 Å². The number of nitrogens with zero attached hydrogens (tertiary/aromatic N) is 1. The van der Waals surface area contributed by atoms with Gasteiger partial charge in [-0.3, -0.25) is 9.89 Å². The van der Waals surface area contributed by atoms with Gasteiger partial charge in [0, 0.05) is 11.2 Å². The predicted octanol–water partition coefficient (Wildman–Crippen LogP) is 2.80. The first-order valence-electron chi connectivity index (χ1n) is 9.78. The van der Waals surface area contributed by atoms with Crippen molar-refractivity contribution < 1.29 is 19.1 Å². The summed E-state index contributed by atoms with van der Waals surface area (Å²) in [4.78, 5) is 38.0. The maximum absolute atomic E-state index is 12.9. The van der Waals surface area contributed by atoms with Crippen LogP contribution in [0.4, 0.5) is 5.00 Å². The van der Waals surface area contributed by atoms with Crippen LogP contribution in [0.1, 0.15) is 39.4 Å². The number of halogens is 1. The van der Waals surface area contributed by atoms with Gasteiger partial charge in [-0.2, -0.15) is 0 Å². The fourth-order valence-corrected chi connectivity index (χ4v) is 4.19. The smallest absolute Gasteiger partial charge is 0.348 e. The van der Waals surface area contributed by atoms with Crippen molar-refractivity contribution in [3.8, 4) is 5.69 Å². The number of esters is 2. The third-order valence-corrected chi connectivity index (χ3v) is 5.98. The fraction of sp³-hybridized carbons (Fsp3) is 0.227. The van der Waals surface area contributed by atoms with Crippen molar-refractivity contribution in [1.29, 1.82) is 0 Å². The first-order valence-corrected chi connectivity index (χ1v) is 11.0. The summed E-state index contributed by atoms with van der Waals surface area (Å²) >= 11 is 6.97. The van der Waals surface area contributed by atoms with Crippen molar-refractivity contribution in [3.63, 3.8) is 0 Å². The molecule has 0 atom stereocenters. The molecule has 0 fully saturated rings. The molecule has 2 heterocycles. The Hall–Kier alpha value is -3.30. The van der Waals surface area contributed by atoms with Crippen molar-refractivity contribution in [2.45, 2.75) is 20.8 Å². The van der Waals surface area contributed by atoms with E-state index in [1.807, 2.05) is 0 Å². The molecular weight excluding hydrogens is 454 g/mol. The molecule has 0 radical (unpaired) electrons. The minimum absolute atomic E-state index is 0.179. The molecule has 0 spiro atoms. The van der Waals surface area contributed by atoms with Gasteiger partial charge in [0.25, 0.3) is 5.56 Å². The maximum Gasteiger partial charge on any atom is 0.348 e. The maximum atomic E-state index is 12.9. The third kappa shape index (κ3) is 4.63. The Bertz CT molecular complexity index is 1320. The Kier molecular flexibility index (Phi) is 7.22. The highest BCUT2D eigenvalue weighted by Crippen LogP contribution is 2.34. The molecule has 8 nitrogen and oxygen atoms in total. The number of rotatable bonds is 7. The Labute approximate surface area is 192 Å². The molecule has 0 aliphatic rings. The molecule has 2 N–H and O–H groups in total. The van der Waals surface area contributed by atoms with Crippen LogP contribution < -0.4 is 21.4 Å². The van der Waals surface area contributed by atoms with E-state index in [9.17, 15) is 14.4 Å². The van der Waals surface area contributed by atoms with Gasteiger partial charge >= 0.3 is 11.9 Å². The highest BCUT2D eigenvalue weighted by Gasteiger charge is 2.26. The Balaban J connectivity index is 2.05. The largest absolute Gasteiger partial charge is 0.462 e.